The second kappa shape index (κ2) is 4.54. The lowest BCUT2D eigenvalue weighted by Crippen LogP contribution is -2.10. The minimum Gasteiger partial charge on any atom is -0.478 e. The van der Waals surface area contributed by atoms with Gasteiger partial charge in [0.05, 0.1) is 22.3 Å². The van der Waals surface area contributed by atoms with Crippen molar-refractivity contribution in [2.45, 2.75) is 0 Å². The zero-order valence-corrected chi connectivity index (χ0v) is 11.9. The molecule has 0 bridgehead atoms. The molecular formula is C15H9N3O3S. The molecule has 22 heavy (non-hydrogen) atoms. The Bertz CT molecular complexity index is 1090. The number of fused-ring (bicyclic) bond motifs is 2. The molecule has 1 aromatic carbocycles. The molecule has 0 atom stereocenters. The highest BCUT2D eigenvalue weighted by Crippen LogP contribution is 2.23. The van der Waals surface area contributed by atoms with E-state index in [1.165, 1.54) is 17.4 Å². The second-order valence-corrected chi connectivity index (χ2v) is 5.62. The van der Waals surface area contributed by atoms with Gasteiger partial charge in [-0.1, -0.05) is 0 Å². The van der Waals surface area contributed by atoms with Crippen LogP contribution in [0.1, 0.15) is 10.4 Å². The highest BCUT2D eigenvalue weighted by Gasteiger charge is 2.12. The van der Waals surface area contributed by atoms with Gasteiger partial charge in [-0.25, -0.2) is 9.78 Å². The number of carboxylic acids is 1. The van der Waals surface area contributed by atoms with Crippen molar-refractivity contribution in [2.75, 3.05) is 0 Å². The maximum Gasteiger partial charge on any atom is 0.335 e. The molecule has 0 radical (unpaired) electrons. The Labute approximate surface area is 127 Å². The van der Waals surface area contributed by atoms with E-state index >= 15 is 0 Å². The molecule has 0 unspecified atom stereocenters. The number of hydrogen-bond acceptors (Lipinski definition) is 4. The third-order valence-corrected chi connectivity index (χ3v) is 4.19. The molecule has 3 aromatic heterocycles. The van der Waals surface area contributed by atoms with Crippen LogP contribution >= 0.6 is 11.3 Å². The van der Waals surface area contributed by atoms with Crippen LogP contribution in [0.25, 0.3) is 33.3 Å². The molecular weight excluding hydrogens is 302 g/mol. The Hall–Kier alpha value is -2.93. The molecule has 0 aliphatic carbocycles. The van der Waals surface area contributed by atoms with E-state index in [4.69, 9.17) is 5.11 Å². The molecule has 4 aromatic rings. The molecule has 0 fully saturated rings. The molecule has 4 rings (SSSR count). The van der Waals surface area contributed by atoms with E-state index < -0.39 is 5.97 Å². The van der Waals surface area contributed by atoms with Gasteiger partial charge < -0.3 is 15.1 Å². The minimum atomic E-state index is -0.986. The van der Waals surface area contributed by atoms with Gasteiger partial charge in [0.1, 0.15) is 0 Å². The molecule has 3 N–H and O–H groups in total. The summed E-state index contributed by atoms with van der Waals surface area (Å²) in [5, 5.41) is 13.4. The van der Waals surface area contributed by atoms with Gasteiger partial charge >= 0.3 is 5.97 Å². The first-order valence-electron chi connectivity index (χ1n) is 6.44. The lowest BCUT2D eigenvalue weighted by atomic mass is 10.1. The number of hydrogen-bond donors (Lipinski definition) is 3. The van der Waals surface area contributed by atoms with Crippen molar-refractivity contribution >= 4 is 39.2 Å². The molecule has 0 spiro atoms. The van der Waals surface area contributed by atoms with Gasteiger partial charge in [-0.05, 0) is 24.3 Å². The van der Waals surface area contributed by atoms with Gasteiger partial charge in [0.15, 0.2) is 5.69 Å². The van der Waals surface area contributed by atoms with E-state index in [1.807, 2.05) is 10.8 Å². The lowest BCUT2D eigenvalue weighted by molar-refractivity contribution is 0.0697. The summed E-state index contributed by atoms with van der Waals surface area (Å²) in [5.41, 5.74) is 2.97. The average Bonchev–Trinajstić information content (AvgIpc) is 3.10. The van der Waals surface area contributed by atoms with Gasteiger partial charge in [0.25, 0.3) is 5.56 Å². The van der Waals surface area contributed by atoms with E-state index in [1.54, 1.807) is 18.2 Å². The molecule has 0 amide bonds. The maximum absolute atomic E-state index is 12.2. The first-order chi connectivity index (χ1) is 10.6. The number of carboxylic acid groups (broad SMARTS) is 1. The third kappa shape index (κ3) is 1.91. The largest absolute Gasteiger partial charge is 0.478 e. The molecule has 0 saturated heterocycles. The first-order valence-corrected chi connectivity index (χ1v) is 7.39. The van der Waals surface area contributed by atoms with Crippen LogP contribution in [-0.4, -0.2) is 26.0 Å². The topological polar surface area (TPSA) is 98.8 Å². The Morgan fingerprint density at radius 3 is 2.82 bits per heavy atom. The van der Waals surface area contributed by atoms with Crippen molar-refractivity contribution in [2.24, 2.45) is 0 Å². The minimum absolute atomic E-state index is 0.202. The number of nitrogens with one attached hydrogen (secondary N) is 2. The fourth-order valence-corrected chi connectivity index (χ4v) is 3.09. The van der Waals surface area contributed by atoms with Crippen molar-refractivity contribution in [3.63, 3.8) is 0 Å². The van der Waals surface area contributed by atoms with E-state index in [-0.39, 0.29) is 11.1 Å². The van der Waals surface area contributed by atoms with E-state index in [9.17, 15) is 9.59 Å². The number of aromatic nitrogens is 3. The Balaban J connectivity index is 1.93. The van der Waals surface area contributed by atoms with Crippen LogP contribution < -0.4 is 5.56 Å². The Kier molecular flexibility index (Phi) is 2.64. The summed E-state index contributed by atoms with van der Waals surface area (Å²) in [5.74, 6) is -0.986. The molecule has 3 heterocycles. The Morgan fingerprint density at radius 1 is 1.14 bits per heavy atom. The van der Waals surface area contributed by atoms with Gasteiger partial charge in [0, 0.05) is 21.7 Å². The summed E-state index contributed by atoms with van der Waals surface area (Å²) in [6, 6.07) is 6.50. The molecule has 0 aliphatic heterocycles. The smallest absolute Gasteiger partial charge is 0.335 e. The van der Waals surface area contributed by atoms with Crippen molar-refractivity contribution in [1.82, 2.24) is 15.0 Å². The van der Waals surface area contributed by atoms with Crippen molar-refractivity contribution in [1.29, 1.82) is 0 Å². The van der Waals surface area contributed by atoms with Crippen LogP contribution in [0.15, 0.2) is 39.8 Å². The summed E-state index contributed by atoms with van der Waals surface area (Å²) in [6.45, 7) is 0. The molecule has 0 aliphatic rings. The number of rotatable bonds is 2. The van der Waals surface area contributed by atoms with Crippen LogP contribution in [0.4, 0.5) is 0 Å². The second-order valence-electron chi connectivity index (χ2n) is 4.88. The fourth-order valence-electron chi connectivity index (χ4n) is 2.40. The summed E-state index contributed by atoms with van der Waals surface area (Å²) in [6.07, 6.45) is 0. The summed E-state index contributed by atoms with van der Waals surface area (Å²) in [7, 11) is 0. The van der Waals surface area contributed by atoms with E-state index in [2.05, 4.69) is 15.0 Å². The van der Waals surface area contributed by atoms with E-state index in [0.717, 1.165) is 16.4 Å². The average molecular weight is 311 g/mol. The number of thiophene rings is 1. The normalized spacial score (nSPS) is 11.3. The zero-order valence-electron chi connectivity index (χ0n) is 11.1. The van der Waals surface area contributed by atoms with Crippen LogP contribution in [0.3, 0.4) is 0 Å². The number of H-pyrrole nitrogens is 2. The van der Waals surface area contributed by atoms with Crippen molar-refractivity contribution in [3.8, 4) is 11.4 Å². The Morgan fingerprint density at radius 2 is 2.00 bits per heavy atom. The number of aromatic amines is 2. The van der Waals surface area contributed by atoms with Crippen LogP contribution in [0, 0.1) is 0 Å². The first kappa shape index (κ1) is 12.8. The molecule has 7 heteroatoms. The van der Waals surface area contributed by atoms with Gasteiger partial charge in [-0.2, -0.15) is 0 Å². The third-order valence-electron chi connectivity index (χ3n) is 3.46. The zero-order chi connectivity index (χ0) is 15.3. The van der Waals surface area contributed by atoms with Crippen molar-refractivity contribution < 1.29 is 9.90 Å². The van der Waals surface area contributed by atoms with Gasteiger partial charge in [-0.15, -0.1) is 11.3 Å². The molecule has 108 valence electrons. The monoisotopic (exact) mass is 311 g/mol. The van der Waals surface area contributed by atoms with Gasteiger partial charge in [-0.3, -0.25) is 4.79 Å². The fraction of sp³-hybridized carbons (Fsp3) is 0. The summed E-state index contributed by atoms with van der Waals surface area (Å²) in [4.78, 5) is 33.4. The maximum atomic E-state index is 12.2. The quantitative estimate of drug-likeness (QED) is 0.530. The number of nitrogens with zero attached hydrogens (tertiary/aromatic N) is 1. The highest BCUT2D eigenvalue weighted by atomic mass is 32.1. The number of carbonyl (C=O) groups is 1. The number of benzene rings is 1. The lowest BCUT2D eigenvalue weighted by Gasteiger charge is -1.96. The predicted octanol–water partition coefficient (Wildman–Crippen LogP) is 2.83. The standard InChI is InChI=1S/C15H9N3O3S/c19-14-13(17-11-5-22-6-12(11)18-14)10-4-8-3-7(15(20)21)1-2-9(8)16-10/h1-6,16H,(H,18,19)(H,20,21). The molecule has 0 saturated carbocycles. The highest BCUT2D eigenvalue weighted by molar-refractivity contribution is 7.09. The van der Waals surface area contributed by atoms with Crippen LogP contribution in [-0.2, 0) is 0 Å². The van der Waals surface area contributed by atoms with Gasteiger partial charge in [0.2, 0.25) is 0 Å². The van der Waals surface area contributed by atoms with Crippen LogP contribution in [0.2, 0.25) is 0 Å². The van der Waals surface area contributed by atoms with Crippen molar-refractivity contribution in [3.05, 3.63) is 50.9 Å². The summed E-state index contributed by atoms with van der Waals surface area (Å²) < 4.78 is 0. The van der Waals surface area contributed by atoms with Crippen LogP contribution in [0.5, 0.6) is 0 Å². The van der Waals surface area contributed by atoms with E-state index in [0.29, 0.717) is 16.9 Å². The number of aromatic carboxylic acids is 1. The molecule has 6 nitrogen and oxygen atoms in total. The summed E-state index contributed by atoms with van der Waals surface area (Å²) >= 11 is 1.47. The predicted molar refractivity (Wildman–Crippen MR) is 84.5 cm³/mol. The SMILES string of the molecule is O=C(O)c1ccc2[nH]c(-c3nc4cscc4[nH]c3=O)cc2c1.